The maximum absolute atomic E-state index is 2.41. The quantitative estimate of drug-likeness (QED) is 0.138. The Labute approximate surface area is 379 Å². The summed E-state index contributed by atoms with van der Waals surface area (Å²) in [5, 5.41) is 9.93. The van der Waals surface area contributed by atoms with E-state index in [0.717, 1.165) is 22.6 Å². The minimum Gasteiger partial charge on any atom is -0.310 e. The van der Waals surface area contributed by atoms with Crippen LogP contribution in [-0.2, 0) is 0 Å². The van der Waals surface area contributed by atoms with E-state index in [1.807, 2.05) is 0 Å². The molecular weight excluding hydrogens is 783 g/mol. The molecular formula is C64H43N. The Morgan fingerprint density at radius 1 is 0.200 bits per heavy atom. The molecule has 0 radical (unpaired) electrons. The lowest BCUT2D eigenvalue weighted by atomic mass is 9.84. The van der Waals surface area contributed by atoms with Gasteiger partial charge in [0.1, 0.15) is 0 Å². The van der Waals surface area contributed by atoms with E-state index in [9.17, 15) is 0 Å². The highest BCUT2D eigenvalue weighted by molar-refractivity contribution is 6.22. The summed E-state index contributed by atoms with van der Waals surface area (Å²) in [5.41, 5.74) is 15.4. The first-order valence-corrected chi connectivity index (χ1v) is 22.4. The first kappa shape index (κ1) is 38.2. The lowest BCUT2D eigenvalue weighted by Gasteiger charge is -2.27. The molecule has 0 saturated carbocycles. The van der Waals surface area contributed by atoms with E-state index in [1.165, 1.54) is 93.2 Å². The molecule has 12 aromatic rings. The lowest BCUT2D eigenvalue weighted by molar-refractivity contribution is 1.30. The van der Waals surface area contributed by atoms with Crippen molar-refractivity contribution in [2.75, 3.05) is 4.90 Å². The third-order valence-corrected chi connectivity index (χ3v) is 13.0. The molecule has 0 aromatic heterocycles. The van der Waals surface area contributed by atoms with Crippen LogP contribution in [0.1, 0.15) is 0 Å². The predicted octanol–water partition coefficient (Wildman–Crippen LogP) is 18.1. The van der Waals surface area contributed by atoms with Crippen LogP contribution in [0.5, 0.6) is 0 Å². The second-order valence-electron chi connectivity index (χ2n) is 16.9. The number of rotatable bonds is 8. The topological polar surface area (TPSA) is 3.24 Å². The van der Waals surface area contributed by atoms with Gasteiger partial charge in [-0.15, -0.1) is 0 Å². The molecule has 0 saturated heterocycles. The highest BCUT2D eigenvalue weighted by atomic mass is 15.1. The third kappa shape index (κ3) is 7.01. The normalized spacial score (nSPS) is 11.4. The van der Waals surface area contributed by atoms with E-state index >= 15 is 0 Å². The summed E-state index contributed by atoms with van der Waals surface area (Å²) in [6.07, 6.45) is 0. The van der Waals surface area contributed by atoms with E-state index in [-0.39, 0.29) is 0 Å². The van der Waals surface area contributed by atoms with Crippen molar-refractivity contribution in [1.82, 2.24) is 0 Å². The molecule has 0 aliphatic carbocycles. The van der Waals surface area contributed by atoms with E-state index in [0.29, 0.717) is 0 Å². The van der Waals surface area contributed by atoms with Gasteiger partial charge in [-0.2, -0.15) is 0 Å². The van der Waals surface area contributed by atoms with Gasteiger partial charge in [-0.1, -0.05) is 218 Å². The average Bonchev–Trinajstić information content (AvgIpc) is 3.39. The zero-order valence-corrected chi connectivity index (χ0v) is 35.8. The molecule has 12 aromatic carbocycles. The maximum atomic E-state index is 2.41. The highest BCUT2D eigenvalue weighted by Crippen LogP contribution is 2.46. The summed E-state index contributed by atoms with van der Waals surface area (Å²) in [6, 6.07) is 95.3. The number of anilines is 3. The van der Waals surface area contributed by atoms with E-state index < -0.39 is 0 Å². The standard InChI is InChI=1S/C64H43N/c1-3-17-49(18-4-1)63-60-27-12-11-26-58(60)59-40-37-54(43-61(59)64(63)50-19-5-2-6-20-50)52-23-13-24-56(42-52)65(62-28-14-22-48-16-9-10-25-57(48)62)55-38-35-46(36-39-55)45-29-31-47(32-30-45)53-34-33-44-15-7-8-21-51(44)41-53/h1-43H. The number of nitrogens with zero attached hydrogens (tertiary/aromatic N) is 1. The number of benzene rings is 12. The summed E-state index contributed by atoms with van der Waals surface area (Å²) < 4.78 is 0. The Bertz CT molecular complexity index is 3680. The van der Waals surface area contributed by atoms with E-state index in [1.54, 1.807) is 0 Å². The second kappa shape index (κ2) is 16.3. The maximum Gasteiger partial charge on any atom is 0.0540 e. The molecule has 304 valence electrons. The van der Waals surface area contributed by atoms with Crippen LogP contribution in [0, 0.1) is 0 Å². The Morgan fingerprint density at radius 2 is 0.662 bits per heavy atom. The van der Waals surface area contributed by atoms with Gasteiger partial charge in [0.2, 0.25) is 0 Å². The fourth-order valence-electron chi connectivity index (χ4n) is 9.86. The van der Waals surface area contributed by atoms with Crippen molar-refractivity contribution < 1.29 is 0 Å². The summed E-state index contributed by atoms with van der Waals surface area (Å²) in [4.78, 5) is 2.41. The molecule has 65 heavy (non-hydrogen) atoms. The van der Waals surface area contributed by atoms with Gasteiger partial charge in [0.05, 0.1) is 5.69 Å². The monoisotopic (exact) mass is 825 g/mol. The minimum absolute atomic E-state index is 1.10. The molecule has 0 unspecified atom stereocenters. The molecule has 0 bridgehead atoms. The molecule has 0 aliphatic rings. The molecule has 0 amide bonds. The van der Waals surface area contributed by atoms with Crippen LogP contribution in [0.15, 0.2) is 261 Å². The van der Waals surface area contributed by atoms with Crippen LogP contribution < -0.4 is 4.90 Å². The van der Waals surface area contributed by atoms with Gasteiger partial charge >= 0.3 is 0 Å². The van der Waals surface area contributed by atoms with Crippen molar-refractivity contribution in [2.45, 2.75) is 0 Å². The second-order valence-corrected chi connectivity index (χ2v) is 16.9. The molecule has 0 atom stereocenters. The fraction of sp³-hybridized carbons (Fsp3) is 0. The van der Waals surface area contributed by atoms with Crippen molar-refractivity contribution in [3.63, 3.8) is 0 Å². The Morgan fingerprint density at radius 3 is 1.38 bits per heavy atom. The van der Waals surface area contributed by atoms with Gasteiger partial charge in [0, 0.05) is 16.8 Å². The first-order chi connectivity index (χ1) is 32.2. The Hall–Kier alpha value is -8.52. The molecule has 0 heterocycles. The van der Waals surface area contributed by atoms with Crippen LogP contribution in [-0.4, -0.2) is 0 Å². The zero-order chi connectivity index (χ0) is 43.1. The van der Waals surface area contributed by atoms with Crippen molar-refractivity contribution >= 4 is 60.2 Å². The summed E-state index contributed by atoms with van der Waals surface area (Å²) >= 11 is 0. The van der Waals surface area contributed by atoms with E-state index in [2.05, 4.69) is 266 Å². The summed E-state index contributed by atoms with van der Waals surface area (Å²) in [7, 11) is 0. The average molecular weight is 826 g/mol. The Balaban J connectivity index is 0.971. The molecule has 0 fully saturated rings. The molecule has 0 aliphatic heterocycles. The molecule has 1 nitrogen and oxygen atoms in total. The van der Waals surface area contributed by atoms with Gasteiger partial charge in [0.25, 0.3) is 0 Å². The van der Waals surface area contributed by atoms with Crippen LogP contribution in [0.3, 0.4) is 0 Å². The van der Waals surface area contributed by atoms with Crippen molar-refractivity contribution in [1.29, 1.82) is 0 Å². The predicted molar refractivity (Wildman–Crippen MR) is 278 cm³/mol. The van der Waals surface area contributed by atoms with Gasteiger partial charge in [-0.05, 0) is 136 Å². The molecule has 0 N–H and O–H groups in total. The lowest BCUT2D eigenvalue weighted by Crippen LogP contribution is -2.10. The minimum atomic E-state index is 1.10. The van der Waals surface area contributed by atoms with Gasteiger partial charge in [-0.3, -0.25) is 0 Å². The fourth-order valence-corrected chi connectivity index (χ4v) is 9.86. The SMILES string of the molecule is c1ccc(-c2c(-c3ccccc3)c3cc(-c4cccc(N(c5ccc(-c6ccc(-c7ccc8ccccc8c7)cc6)cc5)c5cccc6ccccc56)c4)ccc3c3ccccc23)cc1. The molecule has 12 rings (SSSR count). The molecule has 1 heteroatoms. The van der Waals surface area contributed by atoms with Crippen molar-refractivity contribution in [3.05, 3.63) is 261 Å². The van der Waals surface area contributed by atoms with Gasteiger partial charge in [-0.25, -0.2) is 0 Å². The molecule has 0 spiro atoms. The van der Waals surface area contributed by atoms with Crippen LogP contribution >= 0.6 is 0 Å². The highest BCUT2D eigenvalue weighted by Gasteiger charge is 2.20. The van der Waals surface area contributed by atoms with Crippen LogP contribution in [0.2, 0.25) is 0 Å². The number of hydrogen-bond donors (Lipinski definition) is 0. The van der Waals surface area contributed by atoms with Gasteiger partial charge in [0.15, 0.2) is 0 Å². The van der Waals surface area contributed by atoms with E-state index in [4.69, 9.17) is 0 Å². The number of fused-ring (bicyclic) bond motifs is 5. The number of hydrogen-bond acceptors (Lipinski definition) is 1. The van der Waals surface area contributed by atoms with Crippen LogP contribution in [0.4, 0.5) is 17.1 Å². The van der Waals surface area contributed by atoms with Gasteiger partial charge < -0.3 is 4.90 Å². The summed E-state index contributed by atoms with van der Waals surface area (Å²) in [6.45, 7) is 0. The van der Waals surface area contributed by atoms with Crippen molar-refractivity contribution in [2.24, 2.45) is 0 Å². The third-order valence-electron chi connectivity index (χ3n) is 13.0. The van der Waals surface area contributed by atoms with Crippen molar-refractivity contribution in [3.8, 4) is 55.6 Å². The largest absolute Gasteiger partial charge is 0.310 e. The Kier molecular flexibility index (Phi) is 9.58. The zero-order valence-electron chi connectivity index (χ0n) is 35.8. The first-order valence-electron chi connectivity index (χ1n) is 22.4. The van der Waals surface area contributed by atoms with Crippen LogP contribution in [0.25, 0.3) is 98.7 Å². The summed E-state index contributed by atoms with van der Waals surface area (Å²) in [5.74, 6) is 0. The smallest absolute Gasteiger partial charge is 0.0540 e.